The maximum atomic E-state index is 13.2. The summed E-state index contributed by atoms with van der Waals surface area (Å²) in [6.45, 7) is 4.21. The average molecular weight is 324 g/mol. The van der Waals surface area contributed by atoms with Gasteiger partial charge >= 0.3 is 0 Å². The highest BCUT2D eigenvalue weighted by Crippen LogP contribution is 2.26. The maximum Gasteiger partial charge on any atom is 0.124 e. The first kappa shape index (κ1) is 13.9. The molecule has 0 aliphatic carbocycles. The fourth-order valence-electron chi connectivity index (χ4n) is 1.81. The molecule has 0 heterocycles. The zero-order chi connectivity index (χ0) is 14.0. The van der Waals surface area contributed by atoms with Gasteiger partial charge in [0.1, 0.15) is 18.2 Å². The number of hydrogen-bond donors (Lipinski definition) is 1. The van der Waals surface area contributed by atoms with E-state index in [9.17, 15) is 4.39 Å². The molecule has 2 nitrogen and oxygen atoms in total. The van der Waals surface area contributed by atoms with Crippen LogP contribution in [0, 0.1) is 19.7 Å². The average Bonchev–Trinajstić information content (AvgIpc) is 2.36. The van der Waals surface area contributed by atoms with Crippen LogP contribution in [0.3, 0.4) is 0 Å². The van der Waals surface area contributed by atoms with Gasteiger partial charge in [-0.1, -0.05) is 22.0 Å². The van der Waals surface area contributed by atoms with Crippen molar-refractivity contribution in [1.29, 1.82) is 0 Å². The number of benzene rings is 2. The van der Waals surface area contributed by atoms with Crippen LogP contribution in [0.15, 0.2) is 34.8 Å². The minimum Gasteiger partial charge on any atom is -0.489 e. The first-order chi connectivity index (χ1) is 8.97. The highest BCUT2D eigenvalue weighted by Gasteiger charge is 2.06. The third-order valence-corrected chi connectivity index (χ3v) is 3.73. The van der Waals surface area contributed by atoms with Gasteiger partial charge in [0.05, 0.1) is 0 Å². The van der Waals surface area contributed by atoms with Gasteiger partial charge in [0, 0.05) is 21.8 Å². The molecule has 0 atom stereocenters. The summed E-state index contributed by atoms with van der Waals surface area (Å²) in [5.74, 6) is 0.446. The molecule has 0 aliphatic heterocycles. The predicted octanol–water partition coefficient (Wildman–Crippen LogP) is 4.37. The first-order valence-electron chi connectivity index (χ1n) is 5.91. The van der Waals surface area contributed by atoms with Crippen molar-refractivity contribution in [3.63, 3.8) is 0 Å². The topological polar surface area (TPSA) is 35.2 Å². The fourth-order valence-corrected chi connectivity index (χ4v) is 2.17. The Balaban J connectivity index is 2.19. The zero-order valence-electron chi connectivity index (χ0n) is 10.8. The van der Waals surface area contributed by atoms with Crippen LogP contribution in [-0.4, -0.2) is 0 Å². The van der Waals surface area contributed by atoms with Crippen molar-refractivity contribution < 1.29 is 9.13 Å². The summed E-state index contributed by atoms with van der Waals surface area (Å²) in [4.78, 5) is 0. The van der Waals surface area contributed by atoms with Crippen LogP contribution in [0.2, 0.25) is 0 Å². The van der Waals surface area contributed by atoms with E-state index in [1.165, 1.54) is 12.1 Å². The Morgan fingerprint density at radius 3 is 2.63 bits per heavy atom. The number of rotatable bonds is 3. The number of halogens is 2. The first-order valence-corrected chi connectivity index (χ1v) is 6.70. The van der Waals surface area contributed by atoms with Gasteiger partial charge in [-0.25, -0.2) is 4.39 Å². The molecule has 0 unspecified atom stereocenters. The summed E-state index contributed by atoms with van der Waals surface area (Å²) in [7, 11) is 0. The molecule has 0 fully saturated rings. The number of hydrogen-bond acceptors (Lipinski definition) is 2. The standard InChI is InChI=1S/C15H15BrFNO/c1-9-5-10(2)15(7-14(9)18)19-8-11-6-12(17)3-4-13(11)16/h3-7H,8,18H2,1-2H3. The SMILES string of the molecule is Cc1cc(C)c(OCc2cc(F)ccc2Br)cc1N. The highest BCUT2D eigenvalue weighted by atomic mass is 79.9. The number of nitrogens with two attached hydrogens (primary N) is 1. The molecule has 100 valence electrons. The van der Waals surface area contributed by atoms with E-state index in [1.54, 1.807) is 12.1 Å². The van der Waals surface area contributed by atoms with E-state index in [1.807, 2.05) is 19.9 Å². The van der Waals surface area contributed by atoms with Gasteiger partial charge in [0.25, 0.3) is 0 Å². The molecule has 0 saturated heterocycles. The predicted molar refractivity (Wildman–Crippen MR) is 78.8 cm³/mol. The van der Waals surface area contributed by atoms with Gasteiger partial charge in [-0.05, 0) is 43.2 Å². The lowest BCUT2D eigenvalue weighted by Gasteiger charge is -2.12. The van der Waals surface area contributed by atoms with E-state index in [-0.39, 0.29) is 5.82 Å². The maximum absolute atomic E-state index is 13.2. The second-order valence-electron chi connectivity index (χ2n) is 4.50. The molecule has 0 aliphatic rings. The Bertz CT molecular complexity index is 613. The summed E-state index contributed by atoms with van der Waals surface area (Å²) >= 11 is 3.38. The van der Waals surface area contributed by atoms with Crippen LogP contribution in [0.5, 0.6) is 5.75 Å². The number of ether oxygens (including phenoxy) is 1. The fraction of sp³-hybridized carbons (Fsp3) is 0.200. The van der Waals surface area contributed by atoms with Gasteiger partial charge in [-0.2, -0.15) is 0 Å². The van der Waals surface area contributed by atoms with Crippen LogP contribution in [-0.2, 0) is 6.61 Å². The van der Waals surface area contributed by atoms with Crippen molar-refractivity contribution in [1.82, 2.24) is 0 Å². The second kappa shape index (κ2) is 5.61. The van der Waals surface area contributed by atoms with Crippen molar-refractivity contribution in [2.24, 2.45) is 0 Å². The van der Waals surface area contributed by atoms with Crippen molar-refractivity contribution in [3.8, 4) is 5.75 Å². The Kier molecular flexibility index (Phi) is 4.10. The molecule has 0 bridgehead atoms. The number of anilines is 1. The summed E-state index contributed by atoms with van der Waals surface area (Å²) < 4.78 is 19.7. The normalized spacial score (nSPS) is 10.5. The Morgan fingerprint density at radius 1 is 1.16 bits per heavy atom. The van der Waals surface area contributed by atoms with Crippen molar-refractivity contribution >= 4 is 21.6 Å². The molecule has 0 saturated carbocycles. The molecule has 0 spiro atoms. The molecule has 19 heavy (non-hydrogen) atoms. The molecular formula is C15H15BrFNO. The van der Waals surface area contributed by atoms with E-state index < -0.39 is 0 Å². The molecular weight excluding hydrogens is 309 g/mol. The molecule has 2 aromatic carbocycles. The summed E-state index contributed by atoms with van der Waals surface area (Å²) in [5, 5.41) is 0. The van der Waals surface area contributed by atoms with E-state index >= 15 is 0 Å². The largest absolute Gasteiger partial charge is 0.489 e. The van der Waals surface area contributed by atoms with E-state index in [0.717, 1.165) is 26.9 Å². The van der Waals surface area contributed by atoms with Crippen LogP contribution in [0.4, 0.5) is 10.1 Å². The summed E-state index contributed by atoms with van der Waals surface area (Å²) in [6.07, 6.45) is 0. The second-order valence-corrected chi connectivity index (χ2v) is 5.35. The lowest BCUT2D eigenvalue weighted by Crippen LogP contribution is -2.00. The molecule has 2 N–H and O–H groups in total. The van der Waals surface area contributed by atoms with Crippen LogP contribution >= 0.6 is 15.9 Å². The molecule has 4 heteroatoms. The molecule has 0 radical (unpaired) electrons. The van der Waals surface area contributed by atoms with Crippen molar-refractivity contribution in [2.75, 3.05) is 5.73 Å². The highest BCUT2D eigenvalue weighted by molar-refractivity contribution is 9.10. The van der Waals surface area contributed by atoms with E-state index in [4.69, 9.17) is 10.5 Å². The van der Waals surface area contributed by atoms with Crippen molar-refractivity contribution in [3.05, 3.63) is 57.3 Å². The monoisotopic (exact) mass is 323 g/mol. The van der Waals surface area contributed by atoms with Crippen molar-refractivity contribution in [2.45, 2.75) is 20.5 Å². The Morgan fingerprint density at radius 2 is 1.89 bits per heavy atom. The summed E-state index contributed by atoms with van der Waals surface area (Å²) in [5.41, 5.74) is 9.36. The van der Waals surface area contributed by atoms with E-state index in [2.05, 4.69) is 15.9 Å². The van der Waals surface area contributed by atoms with Gasteiger partial charge in [0.15, 0.2) is 0 Å². The van der Waals surface area contributed by atoms with E-state index in [0.29, 0.717) is 12.3 Å². The van der Waals surface area contributed by atoms with Gasteiger partial charge in [0.2, 0.25) is 0 Å². The lowest BCUT2D eigenvalue weighted by atomic mass is 10.1. The smallest absolute Gasteiger partial charge is 0.124 e. The molecule has 2 rings (SSSR count). The minimum absolute atomic E-state index is 0.276. The third-order valence-electron chi connectivity index (χ3n) is 2.95. The van der Waals surface area contributed by atoms with Crippen LogP contribution in [0.25, 0.3) is 0 Å². The van der Waals surface area contributed by atoms with Gasteiger partial charge in [-0.3, -0.25) is 0 Å². The van der Waals surface area contributed by atoms with Crippen LogP contribution < -0.4 is 10.5 Å². The van der Waals surface area contributed by atoms with Gasteiger partial charge in [-0.15, -0.1) is 0 Å². The number of aryl methyl sites for hydroxylation is 2. The third kappa shape index (κ3) is 3.26. The Hall–Kier alpha value is -1.55. The minimum atomic E-state index is -0.276. The quantitative estimate of drug-likeness (QED) is 0.851. The zero-order valence-corrected chi connectivity index (χ0v) is 12.4. The summed E-state index contributed by atoms with van der Waals surface area (Å²) in [6, 6.07) is 8.31. The number of nitrogen functional groups attached to an aromatic ring is 1. The molecule has 0 aromatic heterocycles. The van der Waals surface area contributed by atoms with Gasteiger partial charge < -0.3 is 10.5 Å². The molecule has 0 amide bonds. The molecule has 2 aromatic rings. The Labute approximate surface area is 120 Å². The lowest BCUT2D eigenvalue weighted by molar-refractivity contribution is 0.303. The van der Waals surface area contributed by atoms with Crippen LogP contribution in [0.1, 0.15) is 16.7 Å².